The third-order valence-electron chi connectivity index (χ3n) is 8.45. The standard InChI is InChI=1S/C31H49NO9/c1-2-32-27(36)13-9-4-3-8-12-22-23(17-16-21(34)15-14-20-10-6-5-7-11-20)25(18-24(22)35)40-31-30(39)29(38)28(37)26(19-33)41-31/h5-7,10-11,21-23,25-26,28-31,33-34,37-39H,2-4,8-9,12-19H2,1H3,(H,32,36)/t21-,22+,23+,25+,26?,28+,29-,30?,31-/m0/s1. The second-order valence-corrected chi connectivity index (χ2v) is 11.5. The molecule has 6 N–H and O–H groups in total. The highest BCUT2D eigenvalue weighted by Gasteiger charge is 2.48. The molecule has 232 valence electrons. The molecule has 0 aromatic heterocycles. The molecule has 1 aromatic carbocycles. The zero-order chi connectivity index (χ0) is 29.8. The molecule has 10 nitrogen and oxygen atoms in total. The molecule has 41 heavy (non-hydrogen) atoms. The molecule has 0 spiro atoms. The number of nitrogens with one attached hydrogen (secondary N) is 1. The van der Waals surface area contributed by atoms with E-state index in [9.17, 15) is 35.1 Å². The molecule has 0 radical (unpaired) electrons. The number of carbonyl (C=O) groups excluding carboxylic acids is 2. The maximum atomic E-state index is 13.2. The van der Waals surface area contributed by atoms with Crippen LogP contribution in [0.4, 0.5) is 0 Å². The number of hydrogen-bond donors (Lipinski definition) is 6. The van der Waals surface area contributed by atoms with E-state index in [1.807, 2.05) is 37.3 Å². The molecule has 1 saturated carbocycles. The van der Waals surface area contributed by atoms with Gasteiger partial charge >= 0.3 is 0 Å². The van der Waals surface area contributed by atoms with Crippen molar-refractivity contribution >= 4 is 11.7 Å². The fourth-order valence-corrected chi connectivity index (χ4v) is 6.06. The van der Waals surface area contributed by atoms with Crippen LogP contribution in [-0.2, 0) is 25.5 Å². The summed E-state index contributed by atoms with van der Waals surface area (Å²) in [7, 11) is 0. The molecular formula is C31H49NO9. The summed E-state index contributed by atoms with van der Waals surface area (Å²) in [5.74, 6) is -0.366. The number of unbranched alkanes of at least 4 members (excludes halogenated alkanes) is 3. The van der Waals surface area contributed by atoms with Crippen LogP contribution in [-0.4, -0.2) is 93.3 Å². The molecule has 2 unspecified atom stereocenters. The predicted molar refractivity (Wildman–Crippen MR) is 152 cm³/mol. The first-order valence-electron chi connectivity index (χ1n) is 15.2. The van der Waals surface area contributed by atoms with E-state index in [2.05, 4.69) is 5.32 Å². The van der Waals surface area contributed by atoms with E-state index < -0.39 is 49.5 Å². The van der Waals surface area contributed by atoms with Crippen molar-refractivity contribution in [2.45, 2.75) is 120 Å². The maximum Gasteiger partial charge on any atom is 0.219 e. The van der Waals surface area contributed by atoms with Gasteiger partial charge in [0.25, 0.3) is 0 Å². The Labute approximate surface area is 243 Å². The van der Waals surface area contributed by atoms with Crippen LogP contribution in [0.5, 0.6) is 0 Å². The molecule has 2 fully saturated rings. The minimum absolute atomic E-state index is 0.0533. The van der Waals surface area contributed by atoms with Gasteiger partial charge in [0.2, 0.25) is 5.91 Å². The van der Waals surface area contributed by atoms with Crippen LogP contribution in [0.3, 0.4) is 0 Å². The summed E-state index contributed by atoms with van der Waals surface area (Å²) >= 11 is 0. The van der Waals surface area contributed by atoms with Gasteiger partial charge in [0.15, 0.2) is 6.29 Å². The summed E-state index contributed by atoms with van der Waals surface area (Å²) in [6.07, 6.45) is -1.04. The molecule has 2 aliphatic rings. The highest BCUT2D eigenvalue weighted by molar-refractivity contribution is 5.84. The lowest BCUT2D eigenvalue weighted by atomic mass is 9.84. The number of Topliss-reactive ketones (excluding diaryl/α,β-unsaturated/α-hetero) is 1. The topological polar surface area (TPSA) is 166 Å². The van der Waals surface area contributed by atoms with Gasteiger partial charge in [-0.15, -0.1) is 0 Å². The number of amides is 1. The van der Waals surface area contributed by atoms with Crippen LogP contribution < -0.4 is 5.32 Å². The van der Waals surface area contributed by atoms with Gasteiger partial charge in [0.1, 0.15) is 30.2 Å². The van der Waals surface area contributed by atoms with Crippen molar-refractivity contribution in [1.82, 2.24) is 5.32 Å². The zero-order valence-corrected chi connectivity index (χ0v) is 24.1. The Morgan fingerprint density at radius 2 is 1.76 bits per heavy atom. The van der Waals surface area contributed by atoms with Crippen LogP contribution in [0.25, 0.3) is 0 Å². The Hall–Kier alpha value is -1.92. The van der Waals surface area contributed by atoms with Crippen LogP contribution in [0.15, 0.2) is 30.3 Å². The van der Waals surface area contributed by atoms with E-state index >= 15 is 0 Å². The molecule has 10 heteroatoms. The van der Waals surface area contributed by atoms with E-state index in [4.69, 9.17) is 9.47 Å². The van der Waals surface area contributed by atoms with Crippen molar-refractivity contribution < 1.29 is 44.6 Å². The smallest absolute Gasteiger partial charge is 0.219 e. The van der Waals surface area contributed by atoms with Gasteiger partial charge in [-0.1, -0.05) is 49.6 Å². The Bertz CT molecular complexity index is 914. The van der Waals surface area contributed by atoms with Crippen LogP contribution >= 0.6 is 0 Å². The summed E-state index contributed by atoms with van der Waals surface area (Å²) in [6.45, 7) is 1.95. The SMILES string of the molecule is CCNC(=O)CCCCCC[C@H]1C(=O)C[C@@H](O[C@H]2OC(CO)[C@@H](O)[C@H](O)C2O)[C@@H]1CC[C@@H](O)CCc1ccccc1. The first-order valence-corrected chi connectivity index (χ1v) is 15.2. The molecule has 1 amide bonds. The summed E-state index contributed by atoms with van der Waals surface area (Å²) in [5.41, 5.74) is 1.15. The van der Waals surface area contributed by atoms with Gasteiger partial charge in [0.05, 0.1) is 18.8 Å². The van der Waals surface area contributed by atoms with Gasteiger partial charge in [-0.25, -0.2) is 0 Å². The number of carbonyl (C=O) groups is 2. The summed E-state index contributed by atoms with van der Waals surface area (Å²) < 4.78 is 11.6. The molecule has 0 bridgehead atoms. The highest BCUT2D eigenvalue weighted by atomic mass is 16.7. The lowest BCUT2D eigenvalue weighted by Gasteiger charge is -2.41. The number of aliphatic hydroxyl groups excluding tert-OH is 5. The molecule has 9 atom stereocenters. The number of rotatable bonds is 17. The first-order chi connectivity index (χ1) is 19.7. The lowest BCUT2D eigenvalue weighted by molar-refractivity contribution is -0.314. The second kappa shape index (κ2) is 17.3. The number of aliphatic hydroxyl groups is 5. The Balaban J connectivity index is 1.59. The molecule has 1 heterocycles. The number of ketones is 1. The van der Waals surface area contributed by atoms with Crippen molar-refractivity contribution in [3.05, 3.63) is 35.9 Å². The third kappa shape index (κ3) is 10.1. The summed E-state index contributed by atoms with van der Waals surface area (Å²) in [5, 5.41) is 53.9. The average molecular weight is 580 g/mol. The minimum atomic E-state index is -1.56. The highest BCUT2D eigenvalue weighted by Crippen LogP contribution is 2.40. The third-order valence-corrected chi connectivity index (χ3v) is 8.45. The Kier molecular flexibility index (Phi) is 14.1. The molecule has 1 saturated heterocycles. The second-order valence-electron chi connectivity index (χ2n) is 11.5. The normalized spacial score (nSPS) is 30.8. The molecule has 1 aromatic rings. The molecule has 1 aliphatic heterocycles. The van der Waals surface area contributed by atoms with Crippen molar-refractivity contribution in [2.75, 3.05) is 13.2 Å². The van der Waals surface area contributed by atoms with Crippen molar-refractivity contribution in [3.8, 4) is 0 Å². The number of aryl methyl sites for hydroxylation is 1. The number of hydrogen-bond acceptors (Lipinski definition) is 9. The van der Waals surface area contributed by atoms with E-state index in [-0.39, 0.29) is 29.9 Å². The fourth-order valence-electron chi connectivity index (χ4n) is 6.06. The first kappa shape index (κ1) is 33.6. The van der Waals surface area contributed by atoms with E-state index in [0.29, 0.717) is 38.6 Å². The van der Waals surface area contributed by atoms with E-state index in [0.717, 1.165) is 37.7 Å². The van der Waals surface area contributed by atoms with Crippen molar-refractivity contribution in [3.63, 3.8) is 0 Å². The van der Waals surface area contributed by atoms with Crippen LogP contribution in [0.2, 0.25) is 0 Å². The summed E-state index contributed by atoms with van der Waals surface area (Å²) in [6, 6.07) is 9.95. The Morgan fingerprint density at radius 1 is 1.02 bits per heavy atom. The van der Waals surface area contributed by atoms with Crippen LogP contribution in [0, 0.1) is 11.8 Å². The average Bonchev–Trinajstić information content (AvgIpc) is 3.26. The van der Waals surface area contributed by atoms with Gasteiger partial charge in [-0.2, -0.15) is 0 Å². The monoisotopic (exact) mass is 579 g/mol. The van der Waals surface area contributed by atoms with Gasteiger partial charge in [0, 0.05) is 25.3 Å². The lowest BCUT2D eigenvalue weighted by Crippen LogP contribution is -2.59. The van der Waals surface area contributed by atoms with Crippen molar-refractivity contribution in [1.29, 1.82) is 0 Å². The molecule has 3 rings (SSSR count). The Morgan fingerprint density at radius 3 is 2.46 bits per heavy atom. The zero-order valence-electron chi connectivity index (χ0n) is 24.1. The van der Waals surface area contributed by atoms with Gasteiger partial charge in [-0.05, 0) is 56.9 Å². The van der Waals surface area contributed by atoms with E-state index in [1.54, 1.807) is 0 Å². The van der Waals surface area contributed by atoms with Crippen LogP contribution in [0.1, 0.15) is 76.7 Å². The van der Waals surface area contributed by atoms with Gasteiger partial charge < -0.3 is 40.3 Å². The fraction of sp³-hybridized carbons (Fsp3) is 0.742. The van der Waals surface area contributed by atoms with Gasteiger partial charge in [-0.3, -0.25) is 9.59 Å². The quantitative estimate of drug-likeness (QED) is 0.150. The van der Waals surface area contributed by atoms with E-state index in [1.165, 1.54) is 0 Å². The largest absolute Gasteiger partial charge is 0.394 e. The predicted octanol–water partition coefficient (Wildman–Crippen LogP) is 1.63. The summed E-state index contributed by atoms with van der Waals surface area (Å²) in [4.78, 5) is 24.8. The molecule has 1 aliphatic carbocycles. The number of benzene rings is 1. The van der Waals surface area contributed by atoms with Crippen molar-refractivity contribution in [2.24, 2.45) is 11.8 Å². The number of ether oxygens (including phenoxy) is 2. The molecular weight excluding hydrogens is 530 g/mol. The minimum Gasteiger partial charge on any atom is -0.394 e. The maximum absolute atomic E-state index is 13.2.